The van der Waals surface area contributed by atoms with Gasteiger partial charge in [-0.3, -0.25) is 4.79 Å². The van der Waals surface area contributed by atoms with Crippen molar-refractivity contribution in [2.45, 2.75) is 44.6 Å². The third-order valence-corrected chi connectivity index (χ3v) is 7.28. The molecule has 5 nitrogen and oxygen atoms in total. The maximum Gasteiger partial charge on any atom is 0.243 e. The Morgan fingerprint density at radius 1 is 1.14 bits per heavy atom. The van der Waals surface area contributed by atoms with Crippen LogP contribution in [0.1, 0.15) is 42.5 Å². The minimum absolute atomic E-state index is 0.0821. The van der Waals surface area contributed by atoms with Gasteiger partial charge < -0.3 is 5.32 Å². The van der Waals surface area contributed by atoms with Gasteiger partial charge in [0.2, 0.25) is 15.9 Å². The molecule has 0 bridgehead atoms. The molecule has 0 unspecified atom stereocenters. The number of benzene rings is 2. The standard InChI is InChI=1S/C22H28N2O3S/c1-16-11-12-17(2)21(14-16)18(3)23-22(25)19-8-7-13-24(15-19)28(26,27)20-9-5-4-6-10-20/h4-6,9-12,14,18-19H,7-8,13,15H2,1-3H3,(H,23,25)/t18-,19-/m0/s1. The zero-order chi connectivity index (χ0) is 20.3. The summed E-state index contributed by atoms with van der Waals surface area (Å²) in [6, 6.07) is 14.5. The van der Waals surface area contributed by atoms with E-state index in [2.05, 4.69) is 23.5 Å². The summed E-state index contributed by atoms with van der Waals surface area (Å²) in [5, 5.41) is 3.09. The first-order valence-electron chi connectivity index (χ1n) is 9.72. The Hall–Kier alpha value is -2.18. The van der Waals surface area contributed by atoms with E-state index in [0.717, 1.165) is 16.7 Å². The van der Waals surface area contributed by atoms with Crippen molar-refractivity contribution in [1.82, 2.24) is 9.62 Å². The molecule has 2 aromatic rings. The molecule has 150 valence electrons. The summed E-state index contributed by atoms with van der Waals surface area (Å²) in [4.78, 5) is 13.1. The molecule has 0 aliphatic carbocycles. The molecule has 1 aliphatic heterocycles. The summed E-state index contributed by atoms with van der Waals surface area (Å²) in [5.74, 6) is -0.416. The topological polar surface area (TPSA) is 66.5 Å². The highest BCUT2D eigenvalue weighted by Gasteiger charge is 2.33. The van der Waals surface area contributed by atoms with Crippen LogP contribution < -0.4 is 5.32 Å². The van der Waals surface area contributed by atoms with E-state index in [1.807, 2.05) is 20.8 Å². The first-order valence-corrected chi connectivity index (χ1v) is 11.2. The fourth-order valence-corrected chi connectivity index (χ4v) is 5.30. The number of hydrogen-bond acceptors (Lipinski definition) is 3. The molecule has 1 heterocycles. The molecule has 1 saturated heterocycles. The number of rotatable bonds is 5. The summed E-state index contributed by atoms with van der Waals surface area (Å²) in [7, 11) is -3.57. The van der Waals surface area contributed by atoms with Gasteiger partial charge >= 0.3 is 0 Å². The first-order chi connectivity index (χ1) is 13.3. The maximum absolute atomic E-state index is 12.9. The van der Waals surface area contributed by atoms with Gasteiger partial charge in [-0.25, -0.2) is 8.42 Å². The molecule has 3 rings (SSSR count). The average Bonchev–Trinajstić information content (AvgIpc) is 2.70. The highest BCUT2D eigenvalue weighted by atomic mass is 32.2. The van der Waals surface area contributed by atoms with Gasteiger partial charge in [-0.1, -0.05) is 42.0 Å². The van der Waals surface area contributed by atoms with E-state index in [1.165, 1.54) is 4.31 Å². The summed E-state index contributed by atoms with van der Waals surface area (Å²) >= 11 is 0. The van der Waals surface area contributed by atoms with Crippen molar-refractivity contribution in [1.29, 1.82) is 0 Å². The number of nitrogens with one attached hydrogen (secondary N) is 1. The van der Waals surface area contributed by atoms with Crippen LogP contribution in [0.3, 0.4) is 0 Å². The van der Waals surface area contributed by atoms with Gasteiger partial charge in [0.25, 0.3) is 0 Å². The Labute approximate surface area is 167 Å². The van der Waals surface area contributed by atoms with Crippen molar-refractivity contribution < 1.29 is 13.2 Å². The Balaban J connectivity index is 1.70. The third kappa shape index (κ3) is 4.45. The highest BCUT2D eigenvalue weighted by Crippen LogP contribution is 2.25. The van der Waals surface area contributed by atoms with Crippen molar-refractivity contribution in [2.75, 3.05) is 13.1 Å². The van der Waals surface area contributed by atoms with Gasteiger partial charge in [-0.15, -0.1) is 0 Å². The van der Waals surface area contributed by atoms with Crippen LogP contribution in [0.2, 0.25) is 0 Å². The van der Waals surface area contributed by atoms with Gasteiger partial charge in [-0.05, 0) is 56.9 Å². The number of amides is 1. The Morgan fingerprint density at radius 3 is 2.57 bits per heavy atom. The molecule has 0 aromatic heterocycles. The number of nitrogens with zero attached hydrogens (tertiary/aromatic N) is 1. The monoisotopic (exact) mass is 400 g/mol. The molecule has 2 aromatic carbocycles. The van der Waals surface area contributed by atoms with Gasteiger partial charge in [0, 0.05) is 13.1 Å². The summed E-state index contributed by atoms with van der Waals surface area (Å²) in [5.41, 5.74) is 3.38. The summed E-state index contributed by atoms with van der Waals surface area (Å²) in [6.45, 7) is 6.72. The van der Waals surface area contributed by atoms with Crippen LogP contribution in [0.5, 0.6) is 0 Å². The lowest BCUT2D eigenvalue weighted by molar-refractivity contribution is -0.126. The van der Waals surface area contributed by atoms with E-state index in [1.54, 1.807) is 30.3 Å². The smallest absolute Gasteiger partial charge is 0.243 e. The number of piperidine rings is 1. The molecular weight excluding hydrogens is 372 g/mol. The van der Waals surface area contributed by atoms with E-state index < -0.39 is 10.0 Å². The molecule has 0 spiro atoms. The molecule has 2 atom stereocenters. The number of hydrogen-bond donors (Lipinski definition) is 1. The van der Waals surface area contributed by atoms with Gasteiger partial charge in [0.05, 0.1) is 16.9 Å². The summed E-state index contributed by atoms with van der Waals surface area (Å²) < 4.78 is 27.2. The van der Waals surface area contributed by atoms with Crippen molar-refractivity contribution in [3.63, 3.8) is 0 Å². The van der Waals surface area contributed by atoms with E-state index >= 15 is 0 Å². The fourth-order valence-electron chi connectivity index (χ4n) is 3.75. The Kier molecular flexibility index (Phi) is 6.20. The SMILES string of the molecule is Cc1ccc(C)c([C@H](C)NC(=O)[C@H]2CCCN(S(=O)(=O)c3ccccc3)C2)c1. The van der Waals surface area contributed by atoms with Gasteiger partial charge in [-0.2, -0.15) is 4.31 Å². The van der Waals surface area contributed by atoms with Crippen LogP contribution in [0.4, 0.5) is 0 Å². The molecule has 28 heavy (non-hydrogen) atoms. The van der Waals surface area contributed by atoms with Crippen LogP contribution in [0.15, 0.2) is 53.4 Å². The quantitative estimate of drug-likeness (QED) is 0.834. The average molecular weight is 401 g/mol. The van der Waals surface area contributed by atoms with E-state index in [-0.39, 0.29) is 29.3 Å². The Bertz CT molecular complexity index is 942. The van der Waals surface area contributed by atoms with E-state index in [9.17, 15) is 13.2 Å². The lowest BCUT2D eigenvalue weighted by Gasteiger charge is -2.32. The third-order valence-electron chi connectivity index (χ3n) is 5.40. The van der Waals surface area contributed by atoms with Crippen molar-refractivity contribution >= 4 is 15.9 Å². The molecule has 6 heteroatoms. The lowest BCUT2D eigenvalue weighted by Crippen LogP contribution is -2.45. The zero-order valence-corrected chi connectivity index (χ0v) is 17.5. The predicted octanol–water partition coefficient (Wildman–Crippen LogP) is 3.58. The predicted molar refractivity (Wildman–Crippen MR) is 110 cm³/mol. The largest absolute Gasteiger partial charge is 0.349 e. The molecule has 1 N–H and O–H groups in total. The normalized spacial score (nSPS) is 19.2. The number of aryl methyl sites for hydroxylation is 2. The molecule has 1 aliphatic rings. The lowest BCUT2D eigenvalue weighted by atomic mass is 9.96. The van der Waals surface area contributed by atoms with E-state index in [4.69, 9.17) is 0 Å². The Morgan fingerprint density at radius 2 is 1.86 bits per heavy atom. The number of sulfonamides is 1. The second-order valence-electron chi connectivity index (χ2n) is 7.61. The number of carbonyl (C=O) groups excluding carboxylic acids is 1. The van der Waals surface area contributed by atoms with Crippen LogP contribution in [0.25, 0.3) is 0 Å². The maximum atomic E-state index is 12.9. The fraction of sp³-hybridized carbons (Fsp3) is 0.409. The second-order valence-corrected chi connectivity index (χ2v) is 9.54. The first kappa shape index (κ1) is 20.6. The van der Waals surface area contributed by atoms with Crippen LogP contribution >= 0.6 is 0 Å². The second kappa shape index (κ2) is 8.45. The molecule has 0 saturated carbocycles. The van der Waals surface area contributed by atoms with Crippen molar-refractivity contribution in [2.24, 2.45) is 5.92 Å². The summed E-state index contributed by atoms with van der Waals surface area (Å²) in [6.07, 6.45) is 1.38. The minimum Gasteiger partial charge on any atom is -0.349 e. The molecule has 1 fully saturated rings. The number of carbonyl (C=O) groups is 1. The van der Waals surface area contributed by atoms with Crippen molar-refractivity contribution in [3.8, 4) is 0 Å². The molecule has 1 amide bonds. The van der Waals surface area contributed by atoms with Gasteiger partial charge in [0.1, 0.15) is 0 Å². The molecule has 0 radical (unpaired) electrons. The molecular formula is C22H28N2O3S. The van der Waals surface area contributed by atoms with Gasteiger partial charge in [0.15, 0.2) is 0 Å². The van der Waals surface area contributed by atoms with Crippen LogP contribution in [-0.4, -0.2) is 31.7 Å². The van der Waals surface area contributed by atoms with Crippen LogP contribution in [0, 0.1) is 19.8 Å². The zero-order valence-electron chi connectivity index (χ0n) is 16.7. The van der Waals surface area contributed by atoms with E-state index in [0.29, 0.717) is 19.4 Å². The van der Waals surface area contributed by atoms with Crippen molar-refractivity contribution in [3.05, 3.63) is 65.2 Å². The highest BCUT2D eigenvalue weighted by molar-refractivity contribution is 7.89. The van der Waals surface area contributed by atoms with Crippen LogP contribution in [-0.2, 0) is 14.8 Å². The minimum atomic E-state index is -3.57.